The monoisotopic (exact) mass is 377 g/mol. The number of phenols is 1. The van der Waals surface area contributed by atoms with Crippen LogP contribution in [0.25, 0.3) is 0 Å². The van der Waals surface area contributed by atoms with E-state index in [1.165, 1.54) is 16.0 Å². The van der Waals surface area contributed by atoms with Crippen molar-refractivity contribution < 1.29 is 5.11 Å². The van der Waals surface area contributed by atoms with Crippen molar-refractivity contribution in [1.82, 2.24) is 0 Å². The molecule has 4 heteroatoms. The van der Waals surface area contributed by atoms with Crippen LogP contribution >= 0.6 is 27.7 Å². The molecule has 0 radical (unpaired) electrons. The van der Waals surface area contributed by atoms with Crippen LogP contribution < -0.4 is 5.73 Å². The predicted molar refractivity (Wildman–Crippen MR) is 96.6 cm³/mol. The lowest BCUT2D eigenvalue weighted by Gasteiger charge is -2.43. The van der Waals surface area contributed by atoms with Gasteiger partial charge in [0.1, 0.15) is 5.75 Å². The molecule has 0 saturated carbocycles. The molecule has 2 aromatic carbocycles. The number of phenolic OH excluding ortho intramolecular Hbond substituents is 1. The molecule has 0 spiro atoms. The Hall–Kier alpha value is -0.970. The van der Waals surface area contributed by atoms with E-state index in [1.807, 2.05) is 23.9 Å². The van der Waals surface area contributed by atoms with Gasteiger partial charge in [-0.15, -0.1) is 11.8 Å². The molecule has 2 nitrogen and oxygen atoms in total. The first kappa shape index (κ1) is 15.9. The summed E-state index contributed by atoms with van der Waals surface area (Å²) in [5, 5.41) is 10.1. The van der Waals surface area contributed by atoms with Crippen LogP contribution in [0, 0.1) is 0 Å². The van der Waals surface area contributed by atoms with E-state index < -0.39 is 0 Å². The van der Waals surface area contributed by atoms with Gasteiger partial charge in [0.05, 0.1) is 0 Å². The van der Waals surface area contributed by atoms with Crippen molar-refractivity contribution >= 4 is 27.7 Å². The molecular formula is C18H20BrNOS. The highest BCUT2D eigenvalue weighted by Gasteiger charge is 2.40. The van der Waals surface area contributed by atoms with Gasteiger partial charge in [0.25, 0.3) is 0 Å². The van der Waals surface area contributed by atoms with E-state index in [1.54, 1.807) is 6.07 Å². The maximum atomic E-state index is 9.78. The molecule has 0 saturated heterocycles. The van der Waals surface area contributed by atoms with E-state index in [4.69, 9.17) is 5.73 Å². The zero-order chi connectivity index (χ0) is 15.9. The first-order valence-electron chi connectivity index (χ1n) is 7.38. The maximum Gasteiger partial charge on any atom is 0.115 e. The molecule has 0 heterocycles. The molecule has 3 N–H and O–H groups in total. The highest BCUT2D eigenvalue weighted by Crippen LogP contribution is 2.43. The lowest BCUT2D eigenvalue weighted by Crippen LogP contribution is -2.52. The molecule has 0 unspecified atom stereocenters. The molecule has 1 aliphatic carbocycles. The zero-order valence-corrected chi connectivity index (χ0v) is 15.1. The molecule has 3 rings (SSSR count). The van der Waals surface area contributed by atoms with Crippen LogP contribution in [-0.4, -0.2) is 16.4 Å². The predicted octanol–water partition coefficient (Wildman–Crippen LogP) is 4.48. The Kier molecular flexibility index (Phi) is 4.27. The topological polar surface area (TPSA) is 46.2 Å². The number of benzene rings is 2. The molecular weight excluding hydrogens is 358 g/mol. The van der Waals surface area contributed by atoms with Crippen LogP contribution in [0.2, 0.25) is 0 Å². The summed E-state index contributed by atoms with van der Waals surface area (Å²) in [6.07, 6.45) is 0.931. The first-order chi connectivity index (χ1) is 10.4. The van der Waals surface area contributed by atoms with Crippen molar-refractivity contribution in [2.24, 2.45) is 5.73 Å². The van der Waals surface area contributed by atoms with Crippen molar-refractivity contribution in [3.63, 3.8) is 0 Å². The summed E-state index contributed by atoms with van der Waals surface area (Å²) in [4.78, 5) is 1.24. The lowest BCUT2D eigenvalue weighted by atomic mass is 9.69. The van der Waals surface area contributed by atoms with Gasteiger partial charge in [-0.05, 0) is 53.9 Å². The second-order valence-corrected chi connectivity index (χ2v) is 8.63. The van der Waals surface area contributed by atoms with Crippen molar-refractivity contribution in [3.05, 3.63) is 58.1 Å². The van der Waals surface area contributed by atoms with Gasteiger partial charge in [0.15, 0.2) is 0 Å². The van der Waals surface area contributed by atoms with Crippen molar-refractivity contribution in [1.29, 1.82) is 0 Å². The molecule has 0 aliphatic heterocycles. The van der Waals surface area contributed by atoms with Gasteiger partial charge >= 0.3 is 0 Å². The molecule has 0 fully saturated rings. The second-order valence-electron chi connectivity index (χ2n) is 6.40. The van der Waals surface area contributed by atoms with E-state index in [0.717, 1.165) is 10.9 Å². The Labute approximate surface area is 144 Å². The second kappa shape index (κ2) is 5.91. The van der Waals surface area contributed by atoms with E-state index in [-0.39, 0.29) is 11.5 Å². The minimum atomic E-state index is -0.153. The normalized spacial score (nSPS) is 23.1. The fraction of sp³-hybridized carbons (Fsp3) is 0.333. The number of rotatable bonds is 2. The van der Waals surface area contributed by atoms with Gasteiger partial charge in [0.2, 0.25) is 0 Å². The molecule has 116 valence electrons. The summed E-state index contributed by atoms with van der Waals surface area (Å²) in [5.74, 6) is 0.318. The molecule has 0 bridgehead atoms. The van der Waals surface area contributed by atoms with E-state index in [9.17, 15) is 5.11 Å². The first-order valence-corrected chi connectivity index (χ1v) is 9.05. The van der Waals surface area contributed by atoms with Crippen LogP contribution in [-0.2, 0) is 11.8 Å². The van der Waals surface area contributed by atoms with Crippen LogP contribution in [0.4, 0.5) is 0 Å². The molecule has 0 amide bonds. The Morgan fingerprint density at radius 3 is 2.55 bits per heavy atom. The third-order valence-corrected chi connectivity index (χ3v) is 6.38. The molecule has 1 aliphatic rings. The van der Waals surface area contributed by atoms with Gasteiger partial charge < -0.3 is 10.8 Å². The SMILES string of the molecule is CC1(C)c2cc(O)ccc2C[C@@H](Sc2ccc(Br)cc2)[C@@H]1N. The Balaban J connectivity index is 1.91. The van der Waals surface area contributed by atoms with Gasteiger partial charge in [-0.25, -0.2) is 0 Å². The number of hydrogen-bond donors (Lipinski definition) is 2. The zero-order valence-electron chi connectivity index (χ0n) is 12.7. The highest BCUT2D eigenvalue weighted by atomic mass is 79.9. The van der Waals surface area contributed by atoms with Gasteiger partial charge in [0, 0.05) is 26.1 Å². The highest BCUT2D eigenvalue weighted by molar-refractivity contribution is 9.10. The molecule has 2 atom stereocenters. The van der Waals surface area contributed by atoms with Gasteiger partial charge in [-0.1, -0.05) is 35.8 Å². The fourth-order valence-electron chi connectivity index (χ4n) is 3.13. The number of fused-ring (bicyclic) bond motifs is 1. The third-order valence-electron chi connectivity index (χ3n) is 4.54. The quantitative estimate of drug-likeness (QED) is 0.810. The lowest BCUT2D eigenvalue weighted by molar-refractivity contribution is 0.369. The number of aromatic hydroxyl groups is 1. The largest absolute Gasteiger partial charge is 0.508 e. The minimum absolute atomic E-state index is 0.0375. The number of hydrogen-bond acceptors (Lipinski definition) is 3. The van der Waals surface area contributed by atoms with Crippen LogP contribution in [0.5, 0.6) is 5.75 Å². The van der Waals surface area contributed by atoms with Crippen molar-refractivity contribution in [2.75, 3.05) is 0 Å². The average molecular weight is 378 g/mol. The minimum Gasteiger partial charge on any atom is -0.508 e. The summed E-state index contributed by atoms with van der Waals surface area (Å²) in [7, 11) is 0. The van der Waals surface area contributed by atoms with Crippen LogP contribution in [0.1, 0.15) is 25.0 Å². The summed E-state index contributed by atoms with van der Waals surface area (Å²) >= 11 is 5.31. The van der Waals surface area contributed by atoms with E-state index >= 15 is 0 Å². The summed E-state index contributed by atoms with van der Waals surface area (Å²) in [5.41, 5.74) is 8.90. The number of halogens is 1. The Morgan fingerprint density at radius 1 is 1.18 bits per heavy atom. The average Bonchev–Trinajstić information content (AvgIpc) is 2.48. The van der Waals surface area contributed by atoms with Gasteiger partial charge in [-0.3, -0.25) is 0 Å². The fourth-order valence-corrected chi connectivity index (χ4v) is 4.79. The number of nitrogens with two attached hydrogens (primary N) is 1. The van der Waals surface area contributed by atoms with Crippen LogP contribution in [0.3, 0.4) is 0 Å². The summed E-state index contributed by atoms with van der Waals surface area (Å²) < 4.78 is 1.09. The number of thioether (sulfide) groups is 1. The molecule has 22 heavy (non-hydrogen) atoms. The molecule has 0 aromatic heterocycles. The standard InChI is InChI=1S/C18H20BrNOS/c1-18(2)15-10-13(21)6-3-11(15)9-16(17(18)20)22-14-7-4-12(19)5-8-14/h3-8,10,16-17,21H,9,20H2,1-2H3/t16-,17+/m1/s1. The van der Waals surface area contributed by atoms with E-state index in [0.29, 0.717) is 11.0 Å². The summed E-state index contributed by atoms with van der Waals surface area (Å²) in [6, 6.07) is 14.1. The third kappa shape index (κ3) is 2.92. The smallest absolute Gasteiger partial charge is 0.115 e. The van der Waals surface area contributed by atoms with E-state index in [2.05, 4.69) is 54.0 Å². The molecule has 2 aromatic rings. The van der Waals surface area contributed by atoms with Crippen molar-refractivity contribution in [3.8, 4) is 5.75 Å². The Morgan fingerprint density at radius 2 is 1.86 bits per heavy atom. The maximum absolute atomic E-state index is 9.78. The Bertz CT molecular complexity index is 684. The van der Waals surface area contributed by atoms with Crippen LogP contribution in [0.15, 0.2) is 51.8 Å². The van der Waals surface area contributed by atoms with Gasteiger partial charge in [-0.2, -0.15) is 0 Å². The summed E-state index contributed by atoms with van der Waals surface area (Å²) in [6.45, 7) is 4.34. The van der Waals surface area contributed by atoms with Crippen molar-refractivity contribution in [2.45, 2.75) is 41.9 Å².